The Morgan fingerprint density at radius 1 is 1.18 bits per heavy atom. The molecule has 6 heteroatoms. The molecule has 1 aromatic rings. The molecule has 0 spiro atoms. The molecule has 3 rings (SSSR count). The number of rotatable bonds is 3. The van der Waals surface area contributed by atoms with Gasteiger partial charge in [0.15, 0.2) is 0 Å². The molecule has 120 valence electrons. The van der Waals surface area contributed by atoms with Crippen LogP contribution in [0.25, 0.3) is 0 Å². The van der Waals surface area contributed by atoms with Crippen molar-refractivity contribution in [2.75, 3.05) is 26.2 Å². The Kier molecular flexibility index (Phi) is 4.12. The van der Waals surface area contributed by atoms with Crippen molar-refractivity contribution in [1.82, 2.24) is 10.2 Å². The maximum atomic E-state index is 13.3. The van der Waals surface area contributed by atoms with Crippen LogP contribution in [0, 0.1) is 11.8 Å². The van der Waals surface area contributed by atoms with Crippen LogP contribution in [-0.4, -0.2) is 43.2 Å². The van der Waals surface area contributed by atoms with Crippen molar-refractivity contribution in [3.63, 3.8) is 0 Å². The molecule has 3 nitrogen and oxygen atoms in total. The molecule has 0 radical (unpaired) electrons. The van der Waals surface area contributed by atoms with E-state index in [1.807, 2.05) is 0 Å². The number of carbonyl (C=O) groups is 1. The van der Waals surface area contributed by atoms with Gasteiger partial charge in [-0.3, -0.25) is 4.79 Å². The second-order valence-corrected chi connectivity index (χ2v) is 6.19. The van der Waals surface area contributed by atoms with Crippen molar-refractivity contribution < 1.29 is 18.0 Å². The van der Waals surface area contributed by atoms with E-state index in [1.54, 1.807) is 23.1 Å². The second-order valence-electron chi connectivity index (χ2n) is 6.19. The zero-order valence-electron chi connectivity index (χ0n) is 12.1. The van der Waals surface area contributed by atoms with E-state index in [0.29, 0.717) is 24.9 Å². The van der Waals surface area contributed by atoms with Gasteiger partial charge in [0.2, 0.25) is 5.91 Å². The molecule has 2 saturated heterocycles. The lowest BCUT2D eigenvalue weighted by molar-refractivity contribution is -0.160. The fourth-order valence-corrected chi connectivity index (χ4v) is 3.47. The predicted molar refractivity (Wildman–Crippen MR) is 76.3 cm³/mol. The molecule has 1 amide bonds. The summed E-state index contributed by atoms with van der Waals surface area (Å²) in [5, 5.41) is 3.26. The lowest BCUT2D eigenvalue weighted by Gasteiger charge is -2.24. The molecule has 0 bridgehead atoms. The number of halogens is 3. The summed E-state index contributed by atoms with van der Waals surface area (Å²) in [5.74, 6) is -1.32. The van der Waals surface area contributed by atoms with Gasteiger partial charge in [-0.05, 0) is 17.4 Å². The molecule has 3 atom stereocenters. The largest absolute Gasteiger partial charge is 0.396 e. The summed E-state index contributed by atoms with van der Waals surface area (Å²) in [4.78, 5) is 13.9. The average molecular weight is 312 g/mol. The van der Waals surface area contributed by atoms with Crippen LogP contribution >= 0.6 is 0 Å². The normalized spacial score (nSPS) is 26.0. The lowest BCUT2D eigenvalue weighted by Crippen LogP contribution is -2.35. The van der Waals surface area contributed by atoms with Gasteiger partial charge in [-0.1, -0.05) is 30.3 Å². The minimum Gasteiger partial charge on any atom is -0.342 e. The van der Waals surface area contributed by atoms with Gasteiger partial charge < -0.3 is 10.2 Å². The lowest BCUT2D eigenvalue weighted by atomic mass is 9.94. The van der Waals surface area contributed by atoms with Crippen molar-refractivity contribution in [3.05, 3.63) is 35.9 Å². The van der Waals surface area contributed by atoms with Crippen molar-refractivity contribution in [2.45, 2.75) is 18.5 Å². The third kappa shape index (κ3) is 3.11. The van der Waals surface area contributed by atoms with Gasteiger partial charge in [0.25, 0.3) is 0 Å². The molecule has 0 aliphatic carbocycles. The van der Waals surface area contributed by atoms with Gasteiger partial charge in [0, 0.05) is 32.6 Å². The zero-order chi connectivity index (χ0) is 15.7. The van der Waals surface area contributed by atoms with E-state index in [4.69, 9.17) is 0 Å². The first-order valence-electron chi connectivity index (χ1n) is 7.55. The first-order valence-corrected chi connectivity index (χ1v) is 7.55. The van der Waals surface area contributed by atoms with Gasteiger partial charge >= 0.3 is 6.18 Å². The van der Waals surface area contributed by atoms with Crippen LogP contribution in [0.3, 0.4) is 0 Å². The van der Waals surface area contributed by atoms with E-state index in [-0.39, 0.29) is 11.5 Å². The van der Waals surface area contributed by atoms with Gasteiger partial charge in [-0.15, -0.1) is 0 Å². The zero-order valence-corrected chi connectivity index (χ0v) is 12.1. The van der Waals surface area contributed by atoms with E-state index >= 15 is 0 Å². The van der Waals surface area contributed by atoms with Crippen LogP contribution in [0.1, 0.15) is 17.9 Å². The summed E-state index contributed by atoms with van der Waals surface area (Å²) >= 11 is 0. The number of amides is 1. The maximum absolute atomic E-state index is 13.3. The monoisotopic (exact) mass is 312 g/mol. The average Bonchev–Trinajstić information content (AvgIpc) is 3.05. The molecule has 22 heavy (non-hydrogen) atoms. The molecule has 2 aliphatic heterocycles. The van der Waals surface area contributed by atoms with Crippen LogP contribution in [0.2, 0.25) is 0 Å². The van der Waals surface area contributed by atoms with Gasteiger partial charge in [-0.2, -0.15) is 13.2 Å². The number of fused-ring (bicyclic) bond motifs is 1. The SMILES string of the molecule is O=C(CC(c1ccccc1)C(F)(F)F)N1C[C@H]2CNC[C@H]2C1. The highest BCUT2D eigenvalue weighted by Gasteiger charge is 2.44. The molecule has 0 saturated carbocycles. The highest BCUT2D eigenvalue weighted by molar-refractivity contribution is 5.77. The number of benzene rings is 1. The summed E-state index contributed by atoms with van der Waals surface area (Å²) in [5.41, 5.74) is 0.157. The Bertz CT molecular complexity index is 520. The molecule has 0 aromatic heterocycles. The molecular weight excluding hydrogens is 293 g/mol. The molecular formula is C16H19F3N2O. The maximum Gasteiger partial charge on any atom is 0.396 e. The fourth-order valence-electron chi connectivity index (χ4n) is 3.47. The van der Waals surface area contributed by atoms with Crippen LogP contribution in [0.15, 0.2) is 30.3 Å². The topological polar surface area (TPSA) is 32.3 Å². The number of hydrogen-bond acceptors (Lipinski definition) is 2. The van der Waals surface area contributed by atoms with Crippen LogP contribution in [0.5, 0.6) is 0 Å². The molecule has 2 aliphatic rings. The van der Waals surface area contributed by atoms with Crippen LogP contribution in [0.4, 0.5) is 13.2 Å². The van der Waals surface area contributed by atoms with E-state index in [9.17, 15) is 18.0 Å². The minimum absolute atomic E-state index is 0.157. The quantitative estimate of drug-likeness (QED) is 0.929. The van der Waals surface area contributed by atoms with E-state index in [1.165, 1.54) is 12.1 Å². The number of alkyl halides is 3. The highest BCUT2D eigenvalue weighted by Crippen LogP contribution is 2.38. The summed E-state index contributed by atoms with van der Waals surface area (Å²) in [6.07, 6.45) is -4.91. The first kappa shape index (κ1) is 15.3. The van der Waals surface area contributed by atoms with Crippen LogP contribution in [-0.2, 0) is 4.79 Å². The number of nitrogens with one attached hydrogen (secondary N) is 1. The number of carbonyl (C=O) groups excluding carboxylic acids is 1. The number of nitrogens with zero attached hydrogens (tertiary/aromatic N) is 1. The summed E-state index contributed by atoms with van der Waals surface area (Å²) in [6, 6.07) is 7.70. The van der Waals surface area contributed by atoms with E-state index < -0.39 is 18.5 Å². The fraction of sp³-hybridized carbons (Fsp3) is 0.562. The van der Waals surface area contributed by atoms with Crippen LogP contribution < -0.4 is 5.32 Å². The first-order chi connectivity index (χ1) is 10.4. The molecule has 1 N–H and O–H groups in total. The Morgan fingerprint density at radius 2 is 1.77 bits per heavy atom. The molecule has 2 heterocycles. The summed E-state index contributed by atoms with van der Waals surface area (Å²) in [6.45, 7) is 2.87. The third-order valence-electron chi connectivity index (χ3n) is 4.72. The Morgan fingerprint density at radius 3 is 2.32 bits per heavy atom. The summed E-state index contributed by atoms with van der Waals surface area (Å²) in [7, 11) is 0. The number of hydrogen-bond donors (Lipinski definition) is 1. The standard InChI is InChI=1S/C16H19F3N2O/c17-16(18,19)14(11-4-2-1-3-5-11)6-15(22)21-9-12-7-20-8-13(12)10-21/h1-5,12-14,20H,6-10H2/t12-,13+,14?. The van der Waals surface area contributed by atoms with E-state index in [0.717, 1.165) is 13.1 Å². The smallest absolute Gasteiger partial charge is 0.342 e. The Balaban J connectivity index is 1.70. The van der Waals surface area contributed by atoms with Crippen molar-refractivity contribution in [2.24, 2.45) is 11.8 Å². The molecule has 1 unspecified atom stereocenters. The van der Waals surface area contributed by atoms with Crippen molar-refractivity contribution in [3.8, 4) is 0 Å². The van der Waals surface area contributed by atoms with E-state index in [2.05, 4.69) is 5.32 Å². The highest BCUT2D eigenvalue weighted by atomic mass is 19.4. The van der Waals surface area contributed by atoms with Crippen molar-refractivity contribution >= 4 is 5.91 Å². The predicted octanol–water partition coefficient (Wildman–Crippen LogP) is 2.40. The molecule has 2 fully saturated rings. The number of likely N-dealkylation sites (tertiary alicyclic amines) is 1. The minimum atomic E-state index is -4.41. The Labute approximate surface area is 127 Å². The van der Waals surface area contributed by atoms with Crippen molar-refractivity contribution in [1.29, 1.82) is 0 Å². The third-order valence-corrected chi connectivity index (χ3v) is 4.72. The van der Waals surface area contributed by atoms with Gasteiger partial charge in [0.1, 0.15) is 0 Å². The molecule has 1 aromatic carbocycles. The Hall–Kier alpha value is -1.56. The van der Waals surface area contributed by atoms with Gasteiger partial charge in [-0.25, -0.2) is 0 Å². The van der Waals surface area contributed by atoms with Gasteiger partial charge in [0.05, 0.1) is 5.92 Å². The second kappa shape index (κ2) is 5.91. The summed E-state index contributed by atoms with van der Waals surface area (Å²) < 4.78 is 39.9.